The molecule has 34 heavy (non-hydrogen) atoms. The first-order valence-electron chi connectivity index (χ1n) is 8.43. The standard InChI is InChI=1S/C12H17ClFN4O13P3/c1-5(29-33(24,25)31-34(26,27)30-32(21,22)23)7-8(19)12(16,2-3-13)10(28-7)18-4-6(14)9(15)17-11(18)20/h4-5,7-8,10,19H,16H2,1H3,(H,24,25)(H,26,27)(H2,15,17,20)(H2,21,22,23)/t5-,7+,8-,10+,12?/m0/s1. The number of aliphatic hydroxyl groups is 1. The van der Waals surface area contributed by atoms with E-state index < -0.39 is 70.9 Å². The summed E-state index contributed by atoms with van der Waals surface area (Å²) >= 11 is 5.37. The van der Waals surface area contributed by atoms with Crippen LogP contribution in [-0.4, -0.2) is 58.1 Å². The summed E-state index contributed by atoms with van der Waals surface area (Å²) in [6.07, 6.45) is -6.79. The fourth-order valence-electron chi connectivity index (χ4n) is 2.83. The van der Waals surface area contributed by atoms with Gasteiger partial charge >= 0.3 is 29.2 Å². The van der Waals surface area contributed by atoms with Crippen LogP contribution in [0.5, 0.6) is 0 Å². The van der Waals surface area contributed by atoms with Crippen molar-refractivity contribution in [3.63, 3.8) is 0 Å². The molecule has 17 nitrogen and oxygen atoms in total. The normalized spacial score (nSPS) is 29.5. The van der Waals surface area contributed by atoms with Crippen LogP contribution >= 0.6 is 35.1 Å². The highest BCUT2D eigenvalue weighted by Gasteiger charge is 2.57. The van der Waals surface area contributed by atoms with Gasteiger partial charge < -0.3 is 40.9 Å². The van der Waals surface area contributed by atoms with E-state index in [1.165, 1.54) is 0 Å². The van der Waals surface area contributed by atoms with Crippen molar-refractivity contribution in [3.8, 4) is 11.3 Å². The van der Waals surface area contributed by atoms with Gasteiger partial charge in [0.25, 0.3) is 0 Å². The fraction of sp³-hybridized carbons (Fsp3) is 0.500. The first-order valence-corrected chi connectivity index (χ1v) is 13.3. The third-order valence-electron chi connectivity index (χ3n) is 4.12. The molecule has 0 radical (unpaired) electrons. The average molecular weight is 573 g/mol. The predicted octanol–water partition coefficient (Wildman–Crippen LogP) is -1.15. The van der Waals surface area contributed by atoms with Crippen molar-refractivity contribution in [2.75, 3.05) is 5.73 Å². The molecule has 0 bridgehead atoms. The summed E-state index contributed by atoms with van der Waals surface area (Å²) in [6.45, 7) is 0.966. The number of hydrogen-bond donors (Lipinski definition) is 7. The van der Waals surface area contributed by atoms with Crippen LogP contribution in [0.4, 0.5) is 10.2 Å². The molecule has 1 aromatic heterocycles. The minimum atomic E-state index is -5.83. The van der Waals surface area contributed by atoms with Crippen LogP contribution in [0.2, 0.25) is 0 Å². The predicted molar refractivity (Wildman–Crippen MR) is 108 cm³/mol. The van der Waals surface area contributed by atoms with Gasteiger partial charge in [0, 0.05) is 5.38 Å². The molecule has 1 aliphatic rings. The van der Waals surface area contributed by atoms with E-state index in [4.69, 9.17) is 37.6 Å². The van der Waals surface area contributed by atoms with Gasteiger partial charge in [-0.25, -0.2) is 22.9 Å². The van der Waals surface area contributed by atoms with Crippen molar-refractivity contribution in [1.82, 2.24) is 9.55 Å². The summed E-state index contributed by atoms with van der Waals surface area (Å²) in [4.78, 5) is 51.4. The Balaban J connectivity index is 2.35. The van der Waals surface area contributed by atoms with Crippen LogP contribution in [0, 0.1) is 17.1 Å². The number of aliphatic hydroxyl groups excluding tert-OH is 1. The maximum absolute atomic E-state index is 13.9. The van der Waals surface area contributed by atoms with Gasteiger partial charge in [-0.1, -0.05) is 5.92 Å². The lowest BCUT2D eigenvalue weighted by Gasteiger charge is -2.28. The second-order valence-electron chi connectivity index (χ2n) is 6.62. The highest BCUT2D eigenvalue weighted by Crippen LogP contribution is 2.66. The zero-order chi connectivity index (χ0) is 26.3. The Hall–Kier alpha value is -1.25. The number of phosphoric acid groups is 3. The number of ether oxygens (including phenoxy) is 1. The Kier molecular flexibility index (Phi) is 8.54. The van der Waals surface area contributed by atoms with Gasteiger partial charge in [0.1, 0.15) is 12.2 Å². The molecule has 2 heterocycles. The number of anilines is 1. The van der Waals surface area contributed by atoms with Crippen molar-refractivity contribution >= 4 is 40.9 Å². The SMILES string of the molecule is C[C@H](OP(=O)(O)OP(=O)(O)OP(=O)(O)O)[C@H]1O[C@@H](n2cc(F)c(N)nc2=O)C(N)(C#CCl)[C@H]1O. The van der Waals surface area contributed by atoms with E-state index in [9.17, 15) is 37.8 Å². The maximum atomic E-state index is 13.9. The van der Waals surface area contributed by atoms with Crippen molar-refractivity contribution < 1.29 is 60.6 Å². The Morgan fingerprint density at radius 1 is 1.29 bits per heavy atom. The lowest BCUT2D eigenvalue weighted by atomic mass is 9.90. The van der Waals surface area contributed by atoms with Crippen LogP contribution in [-0.2, 0) is 31.6 Å². The van der Waals surface area contributed by atoms with E-state index in [1.807, 2.05) is 5.38 Å². The van der Waals surface area contributed by atoms with Gasteiger partial charge in [-0.2, -0.15) is 13.6 Å². The van der Waals surface area contributed by atoms with Gasteiger partial charge in [0.05, 0.1) is 12.3 Å². The molecule has 1 aromatic rings. The molecule has 192 valence electrons. The zero-order valence-corrected chi connectivity index (χ0v) is 20.0. The largest absolute Gasteiger partial charge is 0.490 e. The Morgan fingerprint density at radius 2 is 1.88 bits per heavy atom. The monoisotopic (exact) mass is 572 g/mol. The molecule has 3 unspecified atom stereocenters. The van der Waals surface area contributed by atoms with Crippen LogP contribution in [0.1, 0.15) is 13.2 Å². The summed E-state index contributed by atoms with van der Waals surface area (Å²) in [5.74, 6) is 0.222. The summed E-state index contributed by atoms with van der Waals surface area (Å²) in [5.41, 5.74) is 7.78. The number of nitrogens with zero attached hydrogens (tertiary/aromatic N) is 2. The van der Waals surface area contributed by atoms with Crippen molar-refractivity contribution in [3.05, 3.63) is 22.5 Å². The molecular formula is C12H17ClFN4O13P3. The quantitative estimate of drug-likeness (QED) is 0.143. The first-order chi connectivity index (χ1) is 15.3. The minimum absolute atomic E-state index is 0.466. The third-order valence-corrected chi connectivity index (χ3v) is 8.14. The Morgan fingerprint density at radius 3 is 2.41 bits per heavy atom. The second-order valence-corrected chi connectivity index (χ2v) is 11.2. The molecule has 0 spiro atoms. The lowest BCUT2D eigenvalue weighted by Crippen LogP contribution is -2.55. The van der Waals surface area contributed by atoms with E-state index in [0.717, 1.165) is 6.92 Å². The van der Waals surface area contributed by atoms with Crippen molar-refractivity contribution in [2.45, 2.75) is 37.0 Å². The van der Waals surface area contributed by atoms with Crippen LogP contribution in [0.3, 0.4) is 0 Å². The molecule has 0 saturated carbocycles. The Bertz CT molecular complexity index is 1220. The molecule has 1 saturated heterocycles. The van der Waals surface area contributed by atoms with Crippen LogP contribution < -0.4 is 17.2 Å². The highest BCUT2D eigenvalue weighted by atomic mass is 35.5. The van der Waals surface area contributed by atoms with Gasteiger partial charge in [-0.3, -0.25) is 9.09 Å². The van der Waals surface area contributed by atoms with Gasteiger partial charge in [0.15, 0.2) is 23.4 Å². The Labute approximate surface area is 193 Å². The van der Waals surface area contributed by atoms with E-state index in [1.54, 1.807) is 0 Å². The number of aromatic nitrogens is 2. The molecular weight excluding hydrogens is 556 g/mol. The molecule has 0 aromatic carbocycles. The highest BCUT2D eigenvalue weighted by molar-refractivity contribution is 7.66. The fourth-order valence-corrected chi connectivity index (χ4v) is 6.19. The zero-order valence-electron chi connectivity index (χ0n) is 16.5. The van der Waals surface area contributed by atoms with E-state index in [0.29, 0.717) is 10.8 Å². The van der Waals surface area contributed by atoms with Crippen LogP contribution in [0.15, 0.2) is 11.0 Å². The molecule has 1 fully saturated rings. The molecule has 2 rings (SSSR count). The summed E-state index contributed by atoms with van der Waals surface area (Å²) in [7, 11) is -17.1. The molecule has 0 aliphatic carbocycles. The van der Waals surface area contributed by atoms with Gasteiger partial charge in [-0.05, 0) is 18.5 Å². The summed E-state index contributed by atoms with van der Waals surface area (Å²) < 4.78 is 65.7. The molecule has 0 amide bonds. The summed E-state index contributed by atoms with van der Waals surface area (Å²) in [5, 5.41) is 12.5. The van der Waals surface area contributed by atoms with Crippen molar-refractivity contribution in [1.29, 1.82) is 0 Å². The number of phosphoric ester groups is 1. The van der Waals surface area contributed by atoms with E-state index in [2.05, 4.69) is 24.0 Å². The number of nitrogens with two attached hydrogens (primary N) is 2. The lowest BCUT2D eigenvalue weighted by molar-refractivity contribution is -0.0756. The van der Waals surface area contributed by atoms with Gasteiger partial charge in [-0.15, -0.1) is 0 Å². The molecule has 22 heteroatoms. The van der Waals surface area contributed by atoms with E-state index in [-0.39, 0.29) is 0 Å². The summed E-state index contributed by atoms with van der Waals surface area (Å²) in [6, 6.07) is 0. The van der Waals surface area contributed by atoms with Gasteiger partial charge in [0.2, 0.25) is 0 Å². The maximum Gasteiger partial charge on any atom is 0.490 e. The van der Waals surface area contributed by atoms with Crippen molar-refractivity contribution in [2.24, 2.45) is 5.73 Å². The minimum Gasteiger partial charge on any atom is -0.387 e. The molecule has 1 aliphatic heterocycles. The first kappa shape index (κ1) is 29.0. The smallest absolute Gasteiger partial charge is 0.387 e. The third kappa shape index (κ3) is 6.70. The molecule has 9 N–H and O–H groups in total. The number of halogens is 2. The average Bonchev–Trinajstić information content (AvgIpc) is 2.86. The second kappa shape index (κ2) is 10.0. The number of nitrogen functional groups attached to an aromatic ring is 1. The topological polar surface area (TPSA) is 276 Å². The van der Waals surface area contributed by atoms with Crippen LogP contribution in [0.25, 0.3) is 0 Å². The number of hydrogen-bond acceptors (Lipinski definition) is 12. The number of rotatable bonds is 8. The molecule has 7 atom stereocenters. The van der Waals surface area contributed by atoms with E-state index >= 15 is 0 Å².